The molecule has 0 heterocycles. The van der Waals surface area contributed by atoms with Crippen LogP contribution >= 0.6 is 0 Å². The average molecular weight is 684 g/mol. The summed E-state index contributed by atoms with van der Waals surface area (Å²) in [4.78, 5) is 30.3. The van der Waals surface area contributed by atoms with Gasteiger partial charge < -0.3 is 10.2 Å². The zero-order valence-electron chi connectivity index (χ0n) is 28.5. The summed E-state index contributed by atoms with van der Waals surface area (Å²) in [6, 6.07) is 28.1. The number of nitrogens with one attached hydrogen (secondary N) is 1. The van der Waals surface area contributed by atoms with E-state index >= 15 is 4.39 Å². The number of aryl methyl sites for hydroxylation is 1. The predicted molar refractivity (Wildman–Crippen MR) is 192 cm³/mol. The van der Waals surface area contributed by atoms with Gasteiger partial charge in [0.2, 0.25) is 11.8 Å². The maximum atomic E-state index is 15.2. The second-order valence-corrected chi connectivity index (χ2v) is 15.1. The number of carbonyl (C=O) groups excluding carboxylic acids is 2. The van der Waals surface area contributed by atoms with E-state index in [1.807, 2.05) is 63.2 Å². The van der Waals surface area contributed by atoms with Gasteiger partial charge in [0, 0.05) is 24.6 Å². The van der Waals surface area contributed by atoms with Gasteiger partial charge in [0.05, 0.1) is 10.6 Å². The minimum atomic E-state index is -4.23. The fourth-order valence-corrected chi connectivity index (χ4v) is 7.71. The molecule has 5 rings (SSSR count). The molecule has 258 valence electrons. The van der Waals surface area contributed by atoms with Crippen molar-refractivity contribution in [2.24, 2.45) is 0 Å². The summed E-state index contributed by atoms with van der Waals surface area (Å²) in [5.74, 6) is -1.25. The molecular weight excluding hydrogens is 638 g/mol. The van der Waals surface area contributed by atoms with Crippen LogP contribution in [0, 0.1) is 12.7 Å². The van der Waals surface area contributed by atoms with Gasteiger partial charge in [-0.3, -0.25) is 13.9 Å². The Morgan fingerprint density at radius 1 is 0.837 bits per heavy atom. The smallest absolute Gasteiger partial charge is 0.264 e. The van der Waals surface area contributed by atoms with E-state index in [2.05, 4.69) is 5.32 Å². The van der Waals surface area contributed by atoms with Crippen molar-refractivity contribution in [1.29, 1.82) is 0 Å². The number of sulfonamides is 1. The second kappa shape index (κ2) is 16.3. The summed E-state index contributed by atoms with van der Waals surface area (Å²) in [5, 5.41) is 3.18. The van der Waals surface area contributed by atoms with Gasteiger partial charge in [-0.05, 0) is 67.1 Å². The highest BCUT2D eigenvalue weighted by atomic mass is 32.2. The summed E-state index contributed by atoms with van der Waals surface area (Å²) in [5.41, 5.74) is 3.29. The van der Waals surface area contributed by atoms with E-state index < -0.39 is 34.3 Å². The highest BCUT2D eigenvalue weighted by molar-refractivity contribution is 7.92. The highest BCUT2D eigenvalue weighted by Gasteiger charge is 2.35. The van der Waals surface area contributed by atoms with Gasteiger partial charge in [-0.15, -0.1) is 0 Å². The zero-order valence-corrected chi connectivity index (χ0v) is 29.3. The van der Waals surface area contributed by atoms with Crippen molar-refractivity contribution in [1.82, 2.24) is 10.2 Å². The molecule has 0 spiro atoms. The number of amides is 2. The molecule has 0 bridgehead atoms. The molecule has 0 aliphatic heterocycles. The van der Waals surface area contributed by atoms with Gasteiger partial charge in [-0.25, -0.2) is 12.8 Å². The third-order valence-electron chi connectivity index (χ3n) is 9.26. The Labute approximate surface area is 290 Å². The number of halogens is 1. The van der Waals surface area contributed by atoms with Gasteiger partial charge in [-0.2, -0.15) is 0 Å². The van der Waals surface area contributed by atoms with Crippen LogP contribution < -0.4 is 9.62 Å². The van der Waals surface area contributed by atoms with E-state index in [-0.39, 0.29) is 41.3 Å². The molecule has 1 saturated carbocycles. The number of hydrogen-bond donors (Lipinski definition) is 1. The number of nitrogens with zero attached hydrogens (tertiary/aromatic N) is 2. The highest BCUT2D eigenvalue weighted by Crippen LogP contribution is 2.28. The minimum Gasteiger partial charge on any atom is -0.352 e. The number of carbonyl (C=O) groups is 2. The summed E-state index contributed by atoms with van der Waals surface area (Å²) in [6.45, 7) is 5.16. The number of rotatable bonds is 13. The summed E-state index contributed by atoms with van der Waals surface area (Å²) < 4.78 is 44.9. The van der Waals surface area contributed by atoms with Crippen LogP contribution in [0.3, 0.4) is 0 Å². The quantitative estimate of drug-likeness (QED) is 0.158. The van der Waals surface area contributed by atoms with Crippen LogP contribution in [-0.4, -0.2) is 43.8 Å². The normalized spacial score (nSPS) is 14.3. The average Bonchev–Trinajstić information content (AvgIpc) is 3.10. The van der Waals surface area contributed by atoms with Crippen molar-refractivity contribution in [3.05, 3.63) is 131 Å². The minimum absolute atomic E-state index is 0.0252. The molecule has 1 aliphatic carbocycles. The van der Waals surface area contributed by atoms with E-state index in [1.165, 1.54) is 23.1 Å². The molecule has 1 atom stereocenters. The van der Waals surface area contributed by atoms with Crippen molar-refractivity contribution in [2.75, 3.05) is 10.8 Å². The Bertz CT molecular complexity index is 1810. The van der Waals surface area contributed by atoms with Crippen molar-refractivity contribution >= 4 is 27.5 Å². The molecule has 7 nitrogen and oxygen atoms in total. The van der Waals surface area contributed by atoms with E-state index in [0.29, 0.717) is 5.69 Å². The Balaban J connectivity index is 1.57. The first-order chi connectivity index (χ1) is 23.5. The number of anilines is 1. The molecule has 9 heteroatoms. The molecular formula is C40H46FN3O4S. The van der Waals surface area contributed by atoms with Crippen molar-refractivity contribution < 1.29 is 22.4 Å². The maximum absolute atomic E-state index is 15.2. The van der Waals surface area contributed by atoms with E-state index in [0.717, 1.165) is 53.1 Å². The first-order valence-electron chi connectivity index (χ1n) is 17.1. The lowest BCUT2D eigenvalue weighted by Gasteiger charge is -2.35. The predicted octanol–water partition coefficient (Wildman–Crippen LogP) is 7.54. The fraction of sp³-hybridized carbons (Fsp3) is 0.350. The van der Waals surface area contributed by atoms with Crippen LogP contribution in [0.5, 0.6) is 0 Å². The van der Waals surface area contributed by atoms with Crippen LogP contribution in [-0.2, 0) is 32.6 Å². The Hall–Kier alpha value is -4.50. The largest absolute Gasteiger partial charge is 0.352 e. The molecule has 49 heavy (non-hydrogen) atoms. The molecule has 1 fully saturated rings. The van der Waals surface area contributed by atoms with Gasteiger partial charge >= 0.3 is 0 Å². The molecule has 0 unspecified atom stereocenters. The monoisotopic (exact) mass is 683 g/mol. The lowest BCUT2D eigenvalue weighted by molar-refractivity contribution is -0.140. The molecule has 0 aromatic heterocycles. The summed E-state index contributed by atoms with van der Waals surface area (Å²) >= 11 is 0. The standard InChI is InChI=1S/C40H46FN3O4S/c1-29(2)32-20-22-35(23-21-32)44(49(47,48)36-24-18-30(3)19-25-36)28-39(45)43(27-33-14-10-11-17-37(33)41)38(26-31-12-6-4-7-13-31)40(46)42-34-15-8-5-9-16-34/h4,6-7,10-14,17-25,29,34,38H,5,8-9,15-16,26-28H2,1-3H3,(H,42,46)/t38-/m1/s1. The molecule has 1 aliphatic rings. The van der Waals surface area contributed by atoms with Crippen LogP contribution in [0.25, 0.3) is 0 Å². The van der Waals surface area contributed by atoms with Crippen molar-refractivity contribution in [3.63, 3.8) is 0 Å². The maximum Gasteiger partial charge on any atom is 0.264 e. The third kappa shape index (κ3) is 9.15. The molecule has 4 aromatic rings. The lowest BCUT2D eigenvalue weighted by atomic mass is 9.94. The van der Waals surface area contributed by atoms with Crippen LogP contribution in [0.15, 0.2) is 108 Å². The van der Waals surface area contributed by atoms with Gasteiger partial charge in [0.25, 0.3) is 10.0 Å². The van der Waals surface area contributed by atoms with Crippen molar-refractivity contribution in [3.8, 4) is 0 Å². The van der Waals surface area contributed by atoms with E-state index in [1.54, 1.807) is 42.5 Å². The number of benzene rings is 4. The Morgan fingerprint density at radius 3 is 2.10 bits per heavy atom. The van der Waals surface area contributed by atoms with Crippen LogP contribution in [0.4, 0.5) is 10.1 Å². The Kier molecular flexibility index (Phi) is 11.9. The molecule has 0 radical (unpaired) electrons. The summed E-state index contributed by atoms with van der Waals surface area (Å²) in [7, 11) is -4.23. The van der Waals surface area contributed by atoms with Crippen LogP contribution in [0.2, 0.25) is 0 Å². The Morgan fingerprint density at radius 2 is 1.47 bits per heavy atom. The van der Waals surface area contributed by atoms with Gasteiger partial charge in [0.15, 0.2) is 0 Å². The second-order valence-electron chi connectivity index (χ2n) is 13.2. The van der Waals surface area contributed by atoms with Crippen LogP contribution in [0.1, 0.15) is 74.1 Å². The molecule has 0 saturated heterocycles. The lowest BCUT2D eigenvalue weighted by Crippen LogP contribution is -2.55. The molecule has 4 aromatic carbocycles. The first-order valence-corrected chi connectivity index (χ1v) is 18.5. The zero-order chi connectivity index (χ0) is 35.0. The SMILES string of the molecule is Cc1ccc(S(=O)(=O)N(CC(=O)N(Cc2ccccc2F)[C@H](Cc2ccccc2)C(=O)NC2CCCCC2)c2ccc(C(C)C)cc2)cc1. The van der Waals surface area contributed by atoms with E-state index in [9.17, 15) is 18.0 Å². The van der Waals surface area contributed by atoms with Gasteiger partial charge in [-0.1, -0.05) is 111 Å². The topological polar surface area (TPSA) is 86.8 Å². The van der Waals surface area contributed by atoms with Crippen molar-refractivity contribution in [2.45, 2.75) is 88.7 Å². The summed E-state index contributed by atoms with van der Waals surface area (Å²) in [6.07, 6.45) is 5.00. The molecule has 1 N–H and O–H groups in total. The first kappa shape index (κ1) is 35.8. The third-order valence-corrected chi connectivity index (χ3v) is 11.0. The van der Waals surface area contributed by atoms with Gasteiger partial charge in [0.1, 0.15) is 18.4 Å². The molecule has 2 amide bonds. The fourth-order valence-electron chi connectivity index (χ4n) is 6.30. The number of hydrogen-bond acceptors (Lipinski definition) is 4. The van der Waals surface area contributed by atoms with E-state index in [4.69, 9.17) is 0 Å².